The van der Waals surface area contributed by atoms with Crippen LogP contribution in [0.2, 0.25) is 0 Å². The van der Waals surface area contributed by atoms with E-state index in [0.717, 1.165) is 58.5 Å². The van der Waals surface area contributed by atoms with Crippen molar-refractivity contribution < 1.29 is 0 Å². The number of pyridine rings is 2. The van der Waals surface area contributed by atoms with Crippen LogP contribution in [0.15, 0.2) is 58.1 Å². The van der Waals surface area contributed by atoms with Crippen molar-refractivity contribution in [2.45, 2.75) is 232 Å². The topological polar surface area (TPSA) is 65.7 Å². The number of nitrogens with one attached hydrogen (secondary N) is 2. The molecule has 2 aromatic heterocycles. The molecular formula is C56H84N2O2. The van der Waals surface area contributed by atoms with Gasteiger partial charge in [-0.25, -0.2) is 0 Å². The predicted octanol–water partition coefficient (Wildman–Crippen LogP) is 17.3. The number of rotatable bonds is 34. The zero-order valence-corrected chi connectivity index (χ0v) is 38.5. The van der Waals surface area contributed by atoms with Gasteiger partial charge in [0.2, 0.25) is 0 Å². The standard InChI is InChI=1S/C56H84N2O2/c1-3-5-7-9-11-13-15-17-19-21-23-25-27-29-31-33-35-45-37-39-51-47(41-45)55(59)49-43-54-50(44-53(49)57-51)56(60)48-42-46(38-40-52(48)58-54)36-34-32-30-28-26-24-22-20-18-16-14-12-10-8-6-4-2/h37-44H,3-36H2,1-2H3,(H,57,59)(H,58,60). The zero-order chi connectivity index (χ0) is 42.0. The second-order valence-corrected chi connectivity index (χ2v) is 18.7. The largest absolute Gasteiger partial charge is 0.354 e. The summed E-state index contributed by atoms with van der Waals surface area (Å²) in [6.45, 7) is 4.58. The molecule has 5 rings (SSSR count). The molecule has 4 heteroatoms. The molecule has 0 bridgehead atoms. The first kappa shape index (κ1) is 47.6. The Kier molecular flexibility index (Phi) is 22.4. The smallest absolute Gasteiger partial charge is 0.197 e. The van der Waals surface area contributed by atoms with Gasteiger partial charge in [-0.15, -0.1) is 0 Å². The number of hydrogen-bond acceptors (Lipinski definition) is 2. The van der Waals surface area contributed by atoms with E-state index < -0.39 is 0 Å². The summed E-state index contributed by atoms with van der Waals surface area (Å²) in [5.74, 6) is 0. The lowest BCUT2D eigenvalue weighted by atomic mass is 10.00. The van der Waals surface area contributed by atoms with Crippen molar-refractivity contribution in [1.29, 1.82) is 0 Å². The van der Waals surface area contributed by atoms with Crippen molar-refractivity contribution in [2.75, 3.05) is 0 Å². The van der Waals surface area contributed by atoms with Crippen LogP contribution in [0.3, 0.4) is 0 Å². The molecule has 0 unspecified atom stereocenters. The lowest BCUT2D eigenvalue weighted by molar-refractivity contribution is 0.529. The van der Waals surface area contributed by atoms with E-state index in [1.807, 2.05) is 12.1 Å². The van der Waals surface area contributed by atoms with Gasteiger partial charge >= 0.3 is 0 Å². The van der Waals surface area contributed by atoms with Crippen LogP contribution in [0, 0.1) is 0 Å². The lowest BCUT2D eigenvalue weighted by Crippen LogP contribution is -2.08. The highest BCUT2D eigenvalue weighted by Crippen LogP contribution is 2.24. The van der Waals surface area contributed by atoms with E-state index in [-0.39, 0.29) is 10.9 Å². The number of aromatic nitrogens is 2. The third kappa shape index (κ3) is 16.1. The van der Waals surface area contributed by atoms with E-state index in [2.05, 4.69) is 60.2 Å². The lowest BCUT2D eigenvalue weighted by Gasteiger charge is -2.09. The van der Waals surface area contributed by atoms with Crippen LogP contribution in [0.4, 0.5) is 0 Å². The number of aromatic amines is 2. The maximum atomic E-state index is 13.9. The minimum absolute atomic E-state index is 0.0320. The predicted molar refractivity (Wildman–Crippen MR) is 264 cm³/mol. The Hall–Kier alpha value is -3.40. The van der Waals surface area contributed by atoms with Crippen LogP contribution < -0.4 is 10.9 Å². The number of H-pyrrole nitrogens is 2. The fourth-order valence-electron chi connectivity index (χ4n) is 9.60. The highest BCUT2D eigenvalue weighted by Gasteiger charge is 2.12. The molecule has 0 radical (unpaired) electrons. The van der Waals surface area contributed by atoms with E-state index in [0.29, 0.717) is 10.8 Å². The summed E-state index contributed by atoms with van der Waals surface area (Å²) < 4.78 is 0. The maximum absolute atomic E-state index is 13.9. The first-order chi connectivity index (χ1) is 29.6. The molecule has 0 aliphatic carbocycles. The van der Waals surface area contributed by atoms with Crippen molar-refractivity contribution in [3.63, 3.8) is 0 Å². The Labute approximate surface area is 364 Å². The Balaban J connectivity index is 1.02. The summed E-state index contributed by atoms with van der Waals surface area (Å²) in [7, 11) is 0. The third-order valence-corrected chi connectivity index (χ3v) is 13.5. The number of hydrogen-bond donors (Lipinski definition) is 2. The molecule has 2 heterocycles. The zero-order valence-electron chi connectivity index (χ0n) is 38.5. The average Bonchev–Trinajstić information content (AvgIpc) is 3.26. The van der Waals surface area contributed by atoms with Crippen molar-refractivity contribution in [1.82, 2.24) is 9.97 Å². The molecule has 0 saturated carbocycles. The van der Waals surface area contributed by atoms with Gasteiger partial charge in [0, 0.05) is 32.6 Å². The molecule has 0 aliphatic heterocycles. The highest BCUT2D eigenvalue weighted by atomic mass is 16.1. The summed E-state index contributed by atoms with van der Waals surface area (Å²) in [6, 6.07) is 16.4. The number of aryl methyl sites for hydroxylation is 2. The summed E-state index contributed by atoms with van der Waals surface area (Å²) >= 11 is 0. The Morgan fingerprint density at radius 1 is 0.300 bits per heavy atom. The first-order valence-corrected chi connectivity index (χ1v) is 25.7. The van der Waals surface area contributed by atoms with Gasteiger partial charge in [0.25, 0.3) is 0 Å². The van der Waals surface area contributed by atoms with Gasteiger partial charge in [-0.1, -0.05) is 219 Å². The van der Waals surface area contributed by atoms with Gasteiger partial charge in [0.15, 0.2) is 10.9 Å². The molecule has 0 amide bonds. The molecule has 5 aromatic rings. The summed E-state index contributed by atoms with van der Waals surface area (Å²) in [4.78, 5) is 34.8. The minimum atomic E-state index is 0.0320. The molecular weight excluding hydrogens is 733 g/mol. The molecule has 2 N–H and O–H groups in total. The van der Waals surface area contributed by atoms with Crippen LogP contribution in [-0.2, 0) is 12.8 Å². The quantitative estimate of drug-likeness (QED) is 0.0321. The second kappa shape index (κ2) is 28.2. The van der Waals surface area contributed by atoms with E-state index in [4.69, 9.17) is 0 Å². The van der Waals surface area contributed by atoms with Crippen LogP contribution >= 0.6 is 0 Å². The molecule has 0 spiro atoms. The first-order valence-electron chi connectivity index (χ1n) is 25.7. The fraction of sp³-hybridized carbons (Fsp3) is 0.643. The van der Waals surface area contributed by atoms with Gasteiger partial charge < -0.3 is 9.97 Å². The molecule has 3 aromatic carbocycles. The van der Waals surface area contributed by atoms with E-state index in [1.54, 1.807) is 0 Å². The molecule has 60 heavy (non-hydrogen) atoms. The molecule has 0 atom stereocenters. The van der Waals surface area contributed by atoms with Crippen molar-refractivity contribution in [2.24, 2.45) is 0 Å². The van der Waals surface area contributed by atoms with Crippen molar-refractivity contribution in [3.8, 4) is 0 Å². The SMILES string of the molecule is CCCCCCCCCCCCCCCCCCc1ccc2[nH]c3cc4c(=O)c5cc(CCCCCCCCCCCCCCCCCC)ccc5[nH]c4cc3c(=O)c2c1. The summed E-state index contributed by atoms with van der Waals surface area (Å²) in [6.07, 6.45) is 45.9. The second-order valence-electron chi connectivity index (χ2n) is 18.7. The van der Waals surface area contributed by atoms with Gasteiger partial charge in [0.05, 0.1) is 11.0 Å². The molecule has 330 valence electrons. The average molecular weight is 817 g/mol. The third-order valence-electron chi connectivity index (χ3n) is 13.5. The van der Waals surface area contributed by atoms with Gasteiger partial charge in [-0.2, -0.15) is 0 Å². The molecule has 0 aliphatic rings. The summed E-state index contributed by atoms with van der Waals surface area (Å²) in [5.41, 5.74) is 5.64. The van der Waals surface area contributed by atoms with E-state index in [9.17, 15) is 9.59 Å². The van der Waals surface area contributed by atoms with Crippen molar-refractivity contribution in [3.05, 3.63) is 80.1 Å². The Morgan fingerprint density at radius 2 is 0.550 bits per heavy atom. The number of fused-ring (bicyclic) bond motifs is 4. The summed E-state index contributed by atoms with van der Waals surface area (Å²) in [5, 5.41) is 2.73. The van der Waals surface area contributed by atoms with Crippen LogP contribution in [-0.4, -0.2) is 9.97 Å². The maximum Gasteiger partial charge on any atom is 0.197 e. The minimum Gasteiger partial charge on any atom is -0.354 e. The van der Waals surface area contributed by atoms with Gasteiger partial charge in [-0.3, -0.25) is 9.59 Å². The van der Waals surface area contributed by atoms with E-state index >= 15 is 0 Å². The Morgan fingerprint density at radius 3 is 0.833 bits per heavy atom. The number of benzene rings is 3. The van der Waals surface area contributed by atoms with Crippen LogP contribution in [0.5, 0.6) is 0 Å². The van der Waals surface area contributed by atoms with Crippen molar-refractivity contribution >= 4 is 43.6 Å². The Bertz CT molecular complexity index is 1920. The molecule has 0 fully saturated rings. The fourth-order valence-corrected chi connectivity index (χ4v) is 9.60. The molecule has 4 nitrogen and oxygen atoms in total. The van der Waals surface area contributed by atoms with Crippen LogP contribution in [0.1, 0.15) is 230 Å². The van der Waals surface area contributed by atoms with Gasteiger partial charge in [0.1, 0.15) is 0 Å². The molecule has 0 saturated heterocycles. The van der Waals surface area contributed by atoms with Gasteiger partial charge in [-0.05, 0) is 73.2 Å². The van der Waals surface area contributed by atoms with Crippen LogP contribution in [0.25, 0.3) is 43.6 Å². The normalized spacial score (nSPS) is 11.9. The highest BCUT2D eigenvalue weighted by molar-refractivity contribution is 6.02. The van der Waals surface area contributed by atoms with E-state index in [1.165, 1.54) is 204 Å². The number of unbranched alkanes of at least 4 members (excludes halogenated alkanes) is 30. The monoisotopic (exact) mass is 817 g/mol.